The van der Waals surface area contributed by atoms with E-state index in [2.05, 4.69) is 25.6 Å². The monoisotopic (exact) mass is 331 g/mol. The van der Waals surface area contributed by atoms with Gasteiger partial charge in [-0.2, -0.15) is 9.68 Å². The van der Waals surface area contributed by atoms with Crippen LogP contribution in [0.1, 0.15) is 5.56 Å². The number of rotatable bonds is 5. The van der Waals surface area contributed by atoms with Crippen LogP contribution in [0, 0.1) is 0 Å². The second kappa shape index (κ2) is 6.71. The van der Waals surface area contributed by atoms with Crippen LogP contribution < -0.4 is 9.61 Å². The lowest BCUT2D eigenvalue weighted by Gasteiger charge is -2.17. The van der Waals surface area contributed by atoms with Crippen molar-refractivity contribution >= 4 is 17.8 Å². The highest BCUT2D eigenvalue weighted by Gasteiger charge is 2.20. The molecule has 0 bridgehead atoms. The first kappa shape index (κ1) is 15.4. The van der Waals surface area contributed by atoms with Gasteiger partial charge in [0.2, 0.25) is 5.82 Å². The number of pyridine rings is 1. The summed E-state index contributed by atoms with van der Waals surface area (Å²) >= 11 is 0.629. The Balaban J connectivity index is 2.19. The molecule has 23 heavy (non-hydrogen) atoms. The third kappa shape index (κ3) is 3.00. The average Bonchev–Trinajstić information content (AvgIpc) is 3.14. The number of tetrazole rings is 1. The van der Waals surface area contributed by atoms with E-state index in [4.69, 9.17) is 10.2 Å². The van der Waals surface area contributed by atoms with E-state index in [-0.39, 0.29) is 6.61 Å². The molecule has 0 unspecified atom stereocenters. The van der Waals surface area contributed by atoms with Gasteiger partial charge < -0.3 is 5.11 Å². The minimum absolute atomic E-state index is 0.0372. The van der Waals surface area contributed by atoms with Crippen LogP contribution >= 0.6 is 12.1 Å². The lowest BCUT2D eigenvalue weighted by molar-refractivity contribution is 0.282. The summed E-state index contributed by atoms with van der Waals surface area (Å²) in [5.74, 6) is 0.303. The molecule has 0 amide bonds. The number of hydrogen-bond donors (Lipinski definition) is 4. The summed E-state index contributed by atoms with van der Waals surface area (Å²) in [4.78, 5) is 4.14. The highest BCUT2D eigenvalue weighted by Crippen LogP contribution is 2.37. The number of aromatic amines is 1. The van der Waals surface area contributed by atoms with Crippen molar-refractivity contribution in [2.24, 2.45) is 5.14 Å². The molecule has 0 atom stereocenters. The zero-order valence-electron chi connectivity index (χ0n) is 11.8. The third-order valence-electron chi connectivity index (χ3n) is 3.25. The predicted octanol–water partition coefficient (Wildman–Crippen LogP) is 1.14. The third-order valence-corrected chi connectivity index (χ3v) is 3.64. The van der Waals surface area contributed by atoms with Gasteiger partial charge >= 0.3 is 0 Å². The molecule has 3 aromatic rings. The first-order valence-electron chi connectivity index (χ1n) is 6.52. The number of aliphatic hydroxyl groups is 1. The van der Waals surface area contributed by atoms with E-state index in [0.29, 0.717) is 34.8 Å². The quantitative estimate of drug-likeness (QED) is 0.400. The lowest BCUT2D eigenvalue weighted by Crippen LogP contribution is -2.13. The zero-order chi connectivity index (χ0) is 16.2. The van der Waals surface area contributed by atoms with Gasteiger partial charge in [-0.3, -0.25) is 15.3 Å². The summed E-state index contributed by atoms with van der Waals surface area (Å²) in [6.45, 7) is -0.0372. The molecule has 2 heterocycles. The van der Waals surface area contributed by atoms with Gasteiger partial charge in [0.15, 0.2) is 0 Å². The topological polar surface area (TPSA) is 137 Å². The first-order valence-corrected chi connectivity index (χ1v) is 7.36. The van der Waals surface area contributed by atoms with Crippen molar-refractivity contribution in [3.8, 4) is 22.5 Å². The number of aromatic nitrogens is 5. The highest BCUT2D eigenvalue weighted by molar-refractivity contribution is 7.98. The maximum Gasteiger partial charge on any atom is 0.207 e. The van der Waals surface area contributed by atoms with Gasteiger partial charge in [0.25, 0.3) is 0 Å². The summed E-state index contributed by atoms with van der Waals surface area (Å²) in [6, 6.07) is 7.29. The van der Waals surface area contributed by atoms with Crippen molar-refractivity contribution in [1.82, 2.24) is 25.6 Å². The van der Waals surface area contributed by atoms with E-state index < -0.39 is 0 Å². The second-order valence-electron chi connectivity index (χ2n) is 4.55. The molecule has 1 aromatic carbocycles. The van der Waals surface area contributed by atoms with Crippen LogP contribution in [0.4, 0.5) is 5.69 Å². The zero-order valence-corrected chi connectivity index (χ0v) is 12.6. The van der Waals surface area contributed by atoms with Crippen LogP contribution in [0.25, 0.3) is 22.5 Å². The Morgan fingerprint density at radius 2 is 2.00 bits per heavy atom. The Morgan fingerprint density at radius 3 is 2.61 bits per heavy atom. The number of anilines is 1. The Morgan fingerprint density at radius 1 is 1.22 bits per heavy atom. The molecule has 9 nitrogen and oxygen atoms in total. The molecule has 0 radical (unpaired) electrons. The number of nitrogens with two attached hydrogens (primary N) is 1. The lowest BCUT2D eigenvalue weighted by atomic mass is 9.99. The summed E-state index contributed by atoms with van der Waals surface area (Å²) < 4.78 is 0.782. The fourth-order valence-corrected chi connectivity index (χ4v) is 2.41. The van der Waals surface area contributed by atoms with Gasteiger partial charge in [-0.15, -0.1) is 10.2 Å². The Labute approximate surface area is 135 Å². The molecule has 118 valence electrons. The van der Waals surface area contributed by atoms with E-state index >= 15 is 0 Å². The number of aliphatic hydroxyl groups excluding tert-OH is 1. The molecule has 5 N–H and O–H groups in total. The van der Waals surface area contributed by atoms with Gasteiger partial charge in [0.05, 0.1) is 30.5 Å². The van der Waals surface area contributed by atoms with E-state index in [0.717, 1.165) is 15.6 Å². The number of hydrogen-bond acceptors (Lipinski definition) is 9. The highest BCUT2D eigenvalue weighted by atomic mass is 32.2. The minimum Gasteiger partial charge on any atom is -0.392 e. The van der Waals surface area contributed by atoms with Crippen molar-refractivity contribution in [2.75, 3.05) is 4.47 Å². The summed E-state index contributed by atoms with van der Waals surface area (Å²) in [5, 5.41) is 38.5. The molecule has 0 aliphatic heterocycles. The smallest absolute Gasteiger partial charge is 0.207 e. The number of nitrogens with one attached hydrogen (secondary N) is 1. The van der Waals surface area contributed by atoms with Gasteiger partial charge in [-0.1, -0.05) is 24.3 Å². The first-order chi connectivity index (χ1) is 11.2. The average molecular weight is 331 g/mol. The maximum absolute atomic E-state index is 9.97. The summed E-state index contributed by atoms with van der Waals surface area (Å²) in [6.07, 6.45) is 3.09. The van der Waals surface area contributed by atoms with Crippen molar-refractivity contribution in [3.63, 3.8) is 0 Å². The number of H-pyrrole nitrogens is 1. The van der Waals surface area contributed by atoms with Crippen molar-refractivity contribution in [1.29, 1.82) is 0 Å². The molecular weight excluding hydrogens is 318 g/mol. The molecule has 0 saturated heterocycles. The van der Waals surface area contributed by atoms with Crippen molar-refractivity contribution < 1.29 is 10.3 Å². The molecule has 3 rings (SSSR count). The van der Waals surface area contributed by atoms with Gasteiger partial charge in [0.1, 0.15) is 5.69 Å². The van der Waals surface area contributed by atoms with Gasteiger partial charge in [-0.05, 0) is 16.3 Å². The van der Waals surface area contributed by atoms with Crippen molar-refractivity contribution in [3.05, 3.63) is 42.2 Å². The Kier molecular flexibility index (Phi) is 4.48. The second-order valence-corrected chi connectivity index (χ2v) is 5.11. The van der Waals surface area contributed by atoms with Crippen LogP contribution in [-0.4, -0.2) is 35.9 Å². The number of nitrogens with zero attached hydrogens (tertiary/aromatic N) is 5. The van der Waals surface area contributed by atoms with E-state index in [1.807, 2.05) is 12.1 Å². The fourth-order valence-electron chi connectivity index (χ4n) is 2.16. The van der Waals surface area contributed by atoms with E-state index in [1.165, 1.54) is 6.20 Å². The number of benzene rings is 1. The van der Waals surface area contributed by atoms with Crippen molar-refractivity contribution in [2.45, 2.75) is 6.61 Å². The molecule has 2 aromatic heterocycles. The maximum atomic E-state index is 9.97. The van der Waals surface area contributed by atoms with Gasteiger partial charge in [0, 0.05) is 11.8 Å². The molecule has 0 fully saturated rings. The molecule has 0 saturated carbocycles. The molecule has 10 heteroatoms. The van der Waals surface area contributed by atoms with Crippen LogP contribution in [0.3, 0.4) is 0 Å². The fraction of sp³-hybridized carbons (Fsp3) is 0.0769. The van der Waals surface area contributed by atoms with Gasteiger partial charge in [-0.25, -0.2) is 0 Å². The standard InChI is InChI=1S/C13H13N7O2S/c14-23-20(22)11-6-15-5-10(12(11)13-16-18-19-17-13)9-3-1-8(7-21)2-4-9/h1-6,21-22H,7,14H2,(H,16,17,18,19). The Bertz CT molecular complexity index is 780. The van der Waals surface area contributed by atoms with Crippen LogP contribution in [-0.2, 0) is 6.61 Å². The van der Waals surface area contributed by atoms with E-state index in [1.54, 1.807) is 18.3 Å². The summed E-state index contributed by atoms with van der Waals surface area (Å²) in [5.41, 5.74) is 3.18. The van der Waals surface area contributed by atoms with Crippen LogP contribution in [0.5, 0.6) is 0 Å². The van der Waals surface area contributed by atoms with Crippen LogP contribution in [0.2, 0.25) is 0 Å². The van der Waals surface area contributed by atoms with Crippen LogP contribution in [0.15, 0.2) is 36.7 Å². The summed E-state index contributed by atoms with van der Waals surface area (Å²) in [7, 11) is 0. The predicted molar refractivity (Wildman–Crippen MR) is 84.8 cm³/mol. The van der Waals surface area contributed by atoms with E-state index in [9.17, 15) is 5.21 Å². The largest absolute Gasteiger partial charge is 0.392 e. The minimum atomic E-state index is -0.0372. The normalized spacial score (nSPS) is 10.7. The molecule has 0 aliphatic carbocycles. The Hall–Kier alpha value is -2.53. The molecule has 0 spiro atoms. The SMILES string of the molecule is NSN(O)c1cncc(-c2ccc(CO)cc2)c1-c1nn[nH]n1. The molecule has 0 aliphatic rings. The molecular formula is C13H13N7O2S.